The lowest BCUT2D eigenvalue weighted by molar-refractivity contribution is 0.0145. The van der Waals surface area contributed by atoms with Crippen LogP contribution in [0, 0.1) is 11.8 Å². The van der Waals surface area contributed by atoms with Gasteiger partial charge in [-0.05, 0) is 76.3 Å². The van der Waals surface area contributed by atoms with Gasteiger partial charge in [0.25, 0.3) is 0 Å². The Bertz CT molecular complexity index is 714. The third kappa shape index (κ3) is 8.21. The molecule has 0 saturated carbocycles. The van der Waals surface area contributed by atoms with Crippen molar-refractivity contribution < 1.29 is 18.4 Å². The van der Waals surface area contributed by atoms with E-state index in [4.69, 9.17) is 13.6 Å². The van der Waals surface area contributed by atoms with E-state index in [1.54, 1.807) is 0 Å². The van der Waals surface area contributed by atoms with E-state index in [1.807, 2.05) is 25.7 Å². The van der Waals surface area contributed by atoms with E-state index in [0.29, 0.717) is 19.8 Å². The number of likely N-dealkylation sites (tertiary alicyclic amines) is 1. The summed E-state index contributed by atoms with van der Waals surface area (Å²) in [6.45, 7) is 36.7. The molecule has 3 atom stereocenters. The van der Waals surface area contributed by atoms with Crippen LogP contribution in [0.4, 0.5) is 4.79 Å². The molecule has 0 aliphatic carbocycles. The first kappa shape index (κ1) is 31.4. The number of hydrogen-bond acceptors (Lipinski definition) is 4. The van der Waals surface area contributed by atoms with Gasteiger partial charge in [-0.25, -0.2) is 4.79 Å². The van der Waals surface area contributed by atoms with Crippen LogP contribution in [0.1, 0.15) is 75.7 Å². The van der Waals surface area contributed by atoms with Gasteiger partial charge in [0, 0.05) is 19.1 Å². The Kier molecular flexibility index (Phi) is 9.95. The number of carbonyl (C=O) groups is 1. The predicted molar refractivity (Wildman–Crippen MR) is 149 cm³/mol. The fourth-order valence-electron chi connectivity index (χ4n) is 3.82. The lowest BCUT2D eigenvalue weighted by Gasteiger charge is -2.39. The molecule has 0 unspecified atom stereocenters. The van der Waals surface area contributed by atoms with Gasteiger partial charge in [0.2, 0.25) is 0 Å². The second-order valence-electron chi connectivity index (χ2n) is 14.3. The maximum atomic E-state index is 13.3. The van der Waals surface area contributed by atoms with Crippen molar-refractivity contribution in [2.75, 3.05) is 19.8 Å². The molecule has 5 nitrogen and oxygen atoms in total. The van der Waals surface area contributed by atoms with Gasteiger partial charge in [-0.2, -0.15) is 0 Å². The van der Waals surface area contributed by atoms with Crippen molar-refractivity contribution in [2.45, 2.75) is 124 Å². The quantitative estimate of drug-likeness (QED) is 0.245. The number of carbonyl (C=O) groups excluding carboxylic acids is 1. The Morgan fingerprint density at radius 2 is 1.38 bits per heavy atom. The van der Waals surface area contributed by atoms with Crippen molar-refractivity contribution in [1.29, 1.82) is 0 Å². The molecule has 1 saturated heterocycles. The molecule has 0 aromatic carbocycles. The largest absolute Gasteiger partial charge is 0.444 e. The van der Waals surface area contributed by atoms with Crippen molar-refractivity contribution >= 4 is 22.7 Å². The van der Waals surface area contributed by atoms with Crippen LogP contribution in [-0.2, 0) is 13.6 Å². The van der Waals surface area contributed by atoms with E-state index in [-0.39, 0.29) is 34.0 Å². The Morgan fingerprint density at radius 3 is 1.79 bits per heavy atom. The molecule has 1 heterocycles. The van der Waals surface area contributed by atoms with Crippen LogP contribution in [0.5, 0.6) is 0 Å². The molecular formula is C27H55NO4Si2. The van der Waals surface area contributed by atoms with Crippen molar-refractivity contribution in [2.24, 2.45) is 11.8 Å². The number of hydrogen-bond donors (Lipinski definition) is 0. The van der Waals surface area contributed by atoms with Gasteiger partial charge >= 0.3 is 6.09 Å². The first-order valence-electron chi connectivity index (χ1n) is 12.9. The molecule has 7 heteroatoms. The van der Waals surface area contributed by atoms with Crippen LogP contribution in [0.2, 0.25) is 36.3 Å². The molecule has 1 amide bonds. The zero-order valence-electron chi connectivity index (χ0n) is 24.8. The summed E-state index contributed by atoms with van der Waals surface area (Å²) in [7, 11) is -3.82. The summed E-state index contributed by atoms with van der Waals surface area (Å²) in [6, 6.07) is -0.0475. The summed E-state index contributed by atoms with van der Waals surface area (Å²) >= 11 is 0. The molecule has 200 valence electrons. The summed E-state index contributed by atoms with van der Waals surface area (Å²) in [5, 5.41) is 0.279. The predicted octanol–water partition coefficient (Wildman–Crippen LogP) is 7.85. The van der Waals surface area contributed by atoms with Crippen molar-refractivity contribution in [1.82, 2.24) is 4.90 Å². The van der Waals surface area contributed by atoms with Gasteiger partial charge in [0.15, 0.2) is 16.6 Å². The summed E-state index contributed by atoms with van der Waals surface area (Å²) in [4.78, 5) is 15.2. The number of ether oxygens (including phenoxy) is 1. The second kappa shape index (κ2) is 10.8. The van der Waals surface area contributed by atoms with Gasteiger partial charge in [0.1, 0.15) is 5.60 Å². The van der Waals surface area contributed by atoms with E-state index in [9.17, 15) is 4.79 Å². The normalized spacial score (nSPS) is 22.8. The summed E-state index contributed by atoms with van der Waals surface area (Å²) < 4.78 is 19.0. The van der Waals surface area contributed by atoms with Crippen molar-refractivity contribution in [3.05, 3.63) is 12.2 Å². The third-order valence-electron chi connectivity index (χ3n) is 8.21. The fraction of sp³-hybridized carbons (Fsp3) is 0.889. The molecule has 1 aliphatic rings. The highest BCUT2D eigenvalue weighted by molar-refractivity contribution is 6.74. The van der Waals surface area contributed by atoms with Gasteiger partial charge in [0.05, 0.1) is 12.6 Å². The maximum Gasteiger partial charge on any atom is 0.410 e. The van der Waals surface area contributed by atoms with Crippen LogP contribution in [0.25, 0.3) is 0 Å². The van der Waals surface area contributed by atoms with Crippen LogP contribution < -0.4 is 0 Å². The first-order chi connectivity index (χ1) is 15.0. The molecule has 0 spiro atoms. The standard InChI is InChI=1S/C27H55NO4Si2/c1-20(2)22-18-28(24(29)32-25(3,4)5)23(19-31-34(14,15)27(9,10)11)21(22)16-17-30-33(12,13)26(6,7)8/h21-23H,1,16-19H2,2-15H3/t21-,22+,23+/m0/s1. The number of rotatable bonds is 8. The first-order valence-corrected chi connectivity index (χ1v) is 18.7. The highest BCUT2D eigenvalue weighted by atomic mass is 28.4. The minimum absolute atomic E-state index is 0.0475. The minimum atomic E-state index is -1.97. The van der Waals surface area contributed by atoms with Gasteiger partial charge in [-0.15, -0.1) is 0 Å². The van der Waals surface area contributed by atoms with Crippen LogP contribution >= 0.6 is 0 Å². The Balaban J connectivity index is 3.21. The van der Waals surface area contributed by atoms with E-state index in [2.05, 4.69) is 81.2 Å². The lowest BCUT2D eigenvalue weighted by atomic mass is 9.84. The molecule has 0 aromatic rings. The second-order valence-corrected chi connectivity index (χ2v) is 23.9. The van der Waals surface area contributed by atoms with E-state index >= 15 is 0 Å². The topological polar surface area (TPSA) is 48.0 Å². The van der Waals surface area contributed by atoms with Gasteiger partial charge < -0.3 is 18.5 Å². The summed E-state index contributed by atoms with van der Waals surface area (Å²) in [6.07, 6.45) is 0.630. The smallest absolute Gasteiger partial charge is 0.410 e. The monoisotopic (exact) mass is 513 g/mol. The zero-order valence-corrected chi connectivity index (χ0v) is 26.8. The van der Waals surface area contributed by atoms with E-state index < -0.39 is 22.2 Å². The average molecular weight is 514 g/mol. The number of nitrogens with zero attached hydrogens (tertiary/aromatic N) is 1. The maximum absolute atomic E-state index is 13.3. The Morgan fingerprint density at radius 1 is 0.912 bits per heavy atom. The summed E-state index contributed by atoms with van der Waals surface area (Å²) in [5.74, 6) is 0.447. The fourth-order valence-corrected chi connectivity index (χ4v) is 5.90. The van der Waals surface area contributed by atoms with E-state index in [1.165, 1.54) is 0 Å². The highest BCUT2D eigenvalue weighted by Gasteiger charge is 2.47. The SMILES string of the molecule is C=C(C)[C@H]1CN(C(=O)OC(C)(C)C)[C@H](CO[Si](C)(C)C(C)(C)C)[C@H]1CCO[Si](C)(C)C(C)(C)C. The molecule has 1 fully saturated rings. The van der Waals surface area contributed by atoms with Gasteiger partial charge in [-0.1, -0.05) is 53.7 Å². The van der Waals surface area contributed by atoms with Gasteiger partial charge in [-0.3, -0.25) is 0 Å². The zero-order chi connectivity index (χ0) is 26.9. The Hall–Kier alpha value is -0.636. The van der Waals surface area contributed by atoms with Crippen LogP contribution in [0.15, 0.2) is 12.2 Å². The summed E-state index contributed by atoms with van der Waals surface area (Å²) in [5.41, 5.74) is 0.574. The van der Waals surface area contributed by atoms with Crippen LogP contribution in [0.3, 0.4) is 0 Å². The molecule has 0 radical (unpaired) electrons. The number of amides is 1. The van der Waals surface area contributed by atoms with E-state index in [0.717, 1.165) is 12.0 Å². The Labute approximate surface area is 213 Å². The molecule has 0 aromatic heterocycles. The molecular weight excluding hydrogens is 458 g/mol. The lowest BCUT2D eigenvalue weighted by Crippen LogP contribution is -2.48. The third-order valence-corrected chi connectivity index (χ3v) is 17.2. The van der Waals surface area contributed by atoms with Crippen molar-refractivity contribution in [3.8, 4) is 0 Å². The highest BCUT2D eigenvalue weighted by Crippen LogP contribution is 2.42. The minimum Gasteiger partial charge on any atom is -0.444 e. The molecule has 1 aliphatic heterocycles. The molecule has 0 bridgehead atoms. The average Bonchev–Trinajstić information content (AvgIpc) is 2.95. The molecule has 0 N–H and O–H groups in total. The van der Waals surface area contributed by atoms with Crippen molar-refractivity contribution in [3.63, 3.8) is 0 Å². The molecule has 34 heavy (non-hydrogen) atoms. The van der Waals surface area contributed by atoms with Crippen LogP contribution in [-0.4, -0.2) is 59.0 Å². The molecule has 1 rings (SSSR count).